The molecule has 2 aliphatic heterocycles. The number of hydrogen-bond donors (Lipinski definition) is 2. The lowest BCUT2D eigenvalue weighted by atomic mass is 10.0. The number of nitrogens with zero attached hydrogens (tertiary/aromatic N) is 2. The van der Waals surface area contributed by atoms with Crippen LogP contribution in [0.2, 0.25) is 0 Å². The van der Waals surface area contributed by atoms with Crippen LogP contribution in [0, 0.1) is 0 Å². The second-order valence-electron chi connectivity index (χ2n) is 8.98. The summed E-state index contributed by atoms with van der Waals surface area (Å²) in [6, 6.07) is 17.7. The molecule has 41 heavy (non-hydrogen) atoms. The number of Topliss-reactive ketones (excluding diaryl/α,β-unsaturated/α-hetero) is 1. The van der Waals surface area contributed by atoms with Crippen molar-refractivity contribution >= 4 is 70.0 Å². The lowest BCUT2D eigenvalue weighted by Crippen LogP contribution is -2.71. The SMILES string of the molecule is CSCC1=C(C(=O)OC(c2ccccc2)c2ccccc2)N2C(=O)C(NC(=O)C(=O)c3csc(NC=O)n3)[C@H]2SC1. The zero-order chi connectivity index (χ0) is 28.9. The van der Waals surface area contributed by atoms with Crippen molar-refractivity contribution in [2.75, 3.05) is 23.1 Å². The van der Waals surface area contributed by atoms with Gasteiger partial charge in [-0.1, -0.05) is 60.7 Å². The summed E-state index contributed by atoms with van der Waals surface area (Å²) >= 11 is 3.92. The number of β-lactam (4-membered cyclic amide) rings is 1. The molecule has 2 aromatic carbocycles. The van der Waals surface area contributed by atoms with E-state index >= 15 is 0 Å². The average Bonchev–Trinajstić information content (AvgIpc) is 3.47. The van der Waals surface area contributed by atoms with Crippen molar-refractivity contribution in [2.24, 2.45) is 0 Å². The Bertz CT molecular complexity index is 1470. The second kappa shape index (κ2) is 12.7. The quantitative estimate of drug-likeness (QED) is 0.111. The maximum atomic E-state index is 13.8. The number of hydrogen-bond acceptors (Lipinski definition) is 10. The van der Waals surface area contributed by atoms with E-state index in [1.54, 1.807) is 0 Å². The molecule has 0 radical (unpaired) electrons. The number of thiazole rings is 1. The van der Waals surface area contributed by atoms with Gasteiger partial charge in [0.2, 0.25) is 6.41 Å². The maximum absolute atomic E-state index is 13.8. The summed E-state index contributed by atoms with van der Waals surface area (Å²) in [5, 5.41) is 5.75. The van der Waals surface area contributed by atoms with E-state index < -0.39 is 41.1 Å². The summed E-state index contributed by atoms with van der Waals surface area (Å²) < 4.78 is 6.09. The van der Waals surface area contributed by atoms with Crippen LogP contribution in [0.15, 0.2) is 77.3 Å². The molecule has 210 valence electrons. The summed E-state index contributed by atoms with van der Waals surface area (Å²) in [5.41, 5.74) is 2.36. The minimum absolute atomic E-state index is 0.143. The fourth-order valence-electron chi connectivity index (χ4n) is 4.52. The molecule has 1 aromatic heterocycles. The van der Waals surface area contributed by atoms with E-state index in [2.05, 4.69) is 15.6 Å². The minimum atomic E-state index is -1.000. The third kappa shape index (κ3) is 5.92. The highest BCUT2D eigenvalue weighted by molar-refractivity contribution is 8.00. The number of esters is 1. The number of rotatable bonds is 11. The normalized spacial score (nSPS) is 17.9. The Balaban J connectivity index is 1.35. The van der Waals surface area contributed by atoms with Crippen molar-refractivity contribution in [3.8, 4) is 0 Å². The topological polar surface area (TPSA) is 135 Å². The van der Waals surface area contributed by atoms with Crippen LogP contribution in [-0.2, 0) is 23.9 Å². The smallest absolute Gasteiger partial charge is 0.356 e. The number of carbonyl (C=O) groups is 5. The third-order valence-electron chi connectivity index (χ3n) is 6.40. The molecule has 0 saturated carbocycles. The number of ketones is 1. The molecule has 2 aliphatic rings. The number of amides is 3. The summed E-state index contributed by atoms with van der Waals surface area (Å²) in [6.45, 7) is 0. The first kappa shape index (κ1) is 28.6. The fraction of sp³-hybridized carbons (Fsp3) is 0.214. The first-order valence-corrected chi connectivity index (χ1v) is 15.7. The van der Waals surface area contributed by atoms with Gasteiger partial charge in [0.05, 0.1) is 0 Å². The molecule has 1 fully saturated rings. The van der Waals surface area contributed by atoms with Crippen molar-refractivity contribution < 1.29 is 28.7 Å². The van der Waals surface area contributed by atoms with Gasteiger partial charge in [-0.25, -0.2) is 9.78 Å². The molecule has 1 unspecified atom stereocenters. The summed E-state index contributed by atoms with van der Waals surface area (Å²) in [7, 11) is 0. The Kier molecular flexibility index (Phi) is 8.86. The molecule has 13 heteroatoms. The van der Waals surface area contributed by atoms with E-state index in [1.165, 1.54) is 33.8 Å². The summed E-state index contributed by atoms with van der Waals surface area (Å²) in [5.74, 6) is -2.10. The molecule has 0 spiro atoms. The maximum Gasteiger partial charge on any atom is 0.356 e. The Hall–Kier alpha value is -3.94. The highest BCUT2D eigenvalue weighted by Gasteiger charge is 2.55. The van der Waals surface area contributed by atoms with Gasteiger partial charge in [0, 0.05) is 16.9 Å². The molecular weight excluding hydrogens is 585 g/mol. The predicted molar refractivity (Wildman–Crippen MR) is 157 cm³/mol. The molecule has 3 heterocycles. The molecule has 3 aromatic rings. The highest BCUT2D eigenvalue weighted by Crippen LogP contribution is 2.42. The number of aromatic nitrogens is 1. The molecule has 10 nitrogen and oxygen atoms in total. The number of nitrogens with one attached hydrogen (secondary N) is 2. The van der Waals surface area contributed by atoms with Gasteiger partial charge < -0.3 is 15.4 Å². The third-order valence-corrected chi connectivity index (χ3v) is 9.15. The van der Waals surface area contributed by atoms with Crippen LogP contribution in [-0.4, -0.2) is 69.0 Å². The van der Waals surface area contributed by atoms with Crippen molar-refractivity contribution in [3.05, 3.63) is 94.1 Å². The zero-order valence-electron chi connectivity index (χ0n) is 21.6. The van der Waals surface area contributed by atoms with E-state index in [9.17, 15) is 24.0 Å². The van der Waals surface area contributed by atoms with Crippen LogP contribution in [0.4, 0.5) is 5.13 Å². The first-order valence-electron chi connectivity index (χ1n) is 12.4. The minimum Gasteiger partial charge on any atom is -0.448 e. The van der Waals surface area contributed by atoms with E-state index in [4.69, 9.17) is 4.74 Å². The fourth-order valence-corrected chi connectivity index (χ4v) is 7.23. The number of carbonyl (C=O) groups excluding carboxylic acids is 5. The molecule has 5 rings (SSSR count). The van der Waals surface area contributed by atoms with Gasteiger partial charge >= 0.3 is 5.97 Å². The van der Waals surface area contributed by atoms with Crippen LogP contribution < -0.4 is 10.6 Å². The van der Waals surface area contributed by atoms with E-state index in [1.807, 2.05) is 66.9 Å². The van der Waals surface area contributed by atoms with Crippen molar-refractivity contribution in [2.45, 2.75) is 17.5 Å². The van der Waals surface area contributed by atoms with E-state index in [-0.39, 0.29) is 16.5 Å². The molecular formula is C28H24N4O6S3. The Morgan fingerprint density at radius 2 is 1.78 bits per heavy atom. The van der Waals surface area contributed by atoms with Crippen molar-refractivity contribution in [1.29, 1.82) is 0 Å². The van der Waals surface area contributed by atoms with Gasteiger partial charge in [-0.15, -0.1) is 23.1 Å². The summed E-state index contributed by atoms with van der Waals surface area (Å²) in [4.78, 5) is 68.3. The van der Waals surface area contributed by atoms with E-state index in [0.717, 1.165) is 28.0 Å². The monoisotopic (exact) mass is 608 g/mol. The van der Waals surface area contributed by atoms with Gasteiger partial charge in [-0.2, -0.15) is 11.8 Å². The average molecular weight is 609 g/mol. The van der Waals surface area contributed by atoms with Gasteiger partial charge in [-0.3, -0.25) is 24.1 Å². The van der Waals surface area contributed by atoms with Gasteiger partial charge in [0.15, 0.2) is 11.2 Å². The van der Waals surface area contributed by atoms with Gasteiger partial charge in [-0.05, 0) is 23.0 Å². The molecule has 1 saturated heterocycles. The van der Waals surface area contributed by atoms with Crippen LogP contribution >= 0.6 is 34.9 Å². The lowest BCUT2D eigenvalue weighted by molar-refractivity contribution is -0.154. The van der Waals surface area contributed by atoms with Crippen molar-refractivity contribution in [1.82, 2.24) is 15.2 Å². The highest BCUT2D eigenvalue weighted by atomic mass is 32.2. The molecule has 0 bridgehead atoms. The molecule has 2 atom stereocenters. The number of thioether (sulfide) groups is 2. The largest absolute Gasteiger partial charge is 0.448 e. The number of anilines is 1. The predicted octanol–water partition coefficient (Wildman–Crippen LogP) is 3.24. The molecule has 3 amide bonds. The lowest BCUT2D eigenvalue weighted by Gasteiger charge is -2.49. The second-order valence-corrected chi connectivity index (χ2v) is 11.8. The Morgan fingerprint density at radius 3 is 2.39 bits per heavy atom. The Morgan fingerprint density at radius 1 is 1.12 bits per heavy atom. The summed E-state index contributed by atoms with van der Waals surface area (Å²) in [6.07, 6.45) is 1.63. The number of ether oxygens (including phenoxy) is 1. The van der Waals surface area contributed by atoms with Crippen LogP contribution in [0.25, 0.3) is 0 Å². The zero-order valence-corrected chi connectivity index (χ0v) is 24.1. The standard InChI is InChI=1S/C28H24N4O6S3/c1-39-12-18-13-40-26-20(31-24(35)22(34)19-14-41-28(30-19)29-15-33)25(36)32(26)21(18)27(37)38-23(16-8-4-2-5-9-16)17-10-6-3-7-11-17/h2-11,14-15,20,23,26H,12-13H2,1H3,(H,31,35)(H,29,30,33)/t20?,26-/m1/s1. The first-order chi connectivity index (χ1) is 19.9. The van der Waals surface area contributed by atoms with Crippen molar-refractivity contribution in [3.63, 3.8) is 0 Å². The Labute approximate surface area is 247 Å². The number of fused-ring (bicyclic) bond motifs is 1. The molecule has 0 aliphatic carbocycles. The van der Waals surface area contributed by atoms with Gasteiger partial charge in [0.1, 0.15) is 22.8 Å². The molecule has 2 N–H and O–H groups in total. The number of benzene rings is 2. The van der Waals surface area contributed by atoms with Crippen LogP contribution in [0.3, 0.4) is 0 Å². The van der Waals surface area contributed by atoms with Crippen LogP contribution in [0.1, 0.15) is 27.7 Å². The van der Waals surface area contributed by atoms with E-state index in [0.29, 0.717) is 17.9 Å². The van der Waals surface area contributed by atoms with Crippen LogP contribution in [0.5, 0.6) is 0 Å². The van der Waals surface area contributed by atoms with Gasteiger partial charge in [0.25, 0.3) is 17.6 Å².